The van der Waals surface area contributed by atoms with Crippen LogP contribution >= 0.6 is 12.2 Å². The zero-order chi connectivity index (χ0) is 28.3. The highest BCUT2D eigenvalue weighted by molar-refractivity contribution is 7.80. The van der Waals surface area contributed by atoms with Gasteiger partial charge in [0.15, 0.2) is 5.11 Å². The van der Waals surface area contributed by atoms with Crippen LogP contribution < -0.4 is 10.6 Å². The van der Waals surface area contributed by atoms with Gasteiger partial charge in [-0.25, -0.2) is 4.79 Å². The molecule has 3 N–H and O–H groups in total. The van der Waals surface area contributed by atoms with Gasteiger partial charge in [0.2, 0.25) is 5.91 Å². The maximum atomic E-state index is 13.1. The van der Waals surface area contributed by atoms with E-state index in [1.165, 1.54) is 6.07 Å². The summed E-state index contributed by atoms with van der Waals surface area (Å²) in [5.41, 5.74) is 2.38. The quantitative estimate of drug-likeness (QED) is 0.192. The molecule has 0 unspecified atom stereocenters. The summed E-state index contributed by atoms with van der Waals surface area (Å²) in [5, 5.41) is 18.3. The molecule has 2 atom stereocenters. The molecule has 1 aliphatic rings. The van der Waals surface area contributed by atoms with Crippen LogP contribution in [0.3, 0.4) is 0 Å². The smallest absolute Gasteiger partial charge is 0.335 e. The van der Waals surface area contributed by atoms with Gasteiger partial charge in [0.1, 0.15) is 17.6 Å². The standard InChI is InChI=1S/C32H26N4O4S/c37-28(34-24-13-6-8-20-7-1-2-11-23(20)24)16-18-36-30(29(35-32(36)41)25-12-3-4-17-33-25)27-15-14-26(40-27)21-9-5-10-22(19-21)31(38)39/h1-15,17,19,29-30H,16,18H2,(H,34,37)(H,35,41)(H,38,39)/t29-,30-/m1/s1. The largest absolute Gasteiger partial charge is 0.478 e. The van der Waals surface area contributed by atoms with Crippen molar-refractivity contribution in [2.75, 3.05) is 11.9 Å². The van der Waals surface area contributed by atoms with E-state index in [0.717, 1.165) is 22.2 Å². The molecule has 41 heavy (non-hydrogen) atoms. The number of nitrogens with one attached hydrogen (secondary N) is 2. The molecule has 1 amide bonds. The van der Waals surface area contributed by atoms with Crippen LogP contribution in [0.5, 0.6) is 0 Å². The van der Waals surface area contributed by atoms with Gasteiger partial charge in [-0.15, -0.1) is 0 Å². The molecule has 0 radical (unpaired) electrons. The Morgan fingerprint density at radius 2 is 1.78 bits per heavy atom. The van der Waals surface area contributed by atoms with E-state index in [1.807, 2.05) is 77.7 Å². The number of thiocarbonyl (C=S) groups is 1. The second kappa shape index (κ2) is 11.2. The topological polar surface area (TPSA) is 108 Å². The molecule has 1 aliphatic heterocycles. The van der Waals surface area contributed by atoms with Crippen LogP contribution in [0.25, 0.3) is 22.1 Å². The number of fused-ring (bicyclic) bond motifs is 1. The minimum absolute atomic E-state index is 0.130. The Morgan fingerprint density at radius 3 is 2.61 bits per heavy atom. The van der Waals surface area contributed by atoms with E-state index >= 15 is 0 Å². The lowest BCUT2D eigenvalue weighted by molar-refractivity contribution is -0.116. The zero-order valence-electron chi connectivity index (χ0n) is 21.9. The maximum Gasteiger partial charge on any atom is 0.335 e. The fraction of sp³-hybridized carbons (Fsp3) is 0.125. The number of hydrogen-bond donors (Lipinski definition) is 3. The molecule has 204 valence electrons. The van der Waals surface area contributed by atoms with E-state index in [-0.39, 0.29) is 30.0 Å². The van der Waals surface area contributed by atoms with Gasteiger partial charge >= 0.3 is 5.97 Å². The number of aromatic nitrogens is 1. The molecule has 0 saturated carbocycles. The van der Waals surface area contributed by atoms with E-state index in [2.05, 4.69) is 15.6 Å². The highest BCUT2D eigenvalue weighted by atomic mass is 32.1. The van der Waals surface area contributed by atoms with Crippen molar-refractivity contribution in [2.45, 2.75) is 18.5 Å². The number of pyridine rings is 1. The van der Waals surface area contributed by atoms with Crippen molar-refractivity contribution in [3.8, 4) is 11.3 Å². The predicted octanol–water partition coefficient (Wildman–Crippen LogP) is 6.19. The van der Waals surface area contributed by atoms with Crippen LogP contribution in [-0.2, 0) is 4.79 Å². The number of benzene rings is 3. The minimum atomic E-state index is -1.01. The van der Waals surface area contributed by atoms with E-state index in [1.54, 1.807) is 24.4 Å². The Bertz CT molecular complexity index is 1750. The zero-order valence-corrected chi connectivity index (χ0v) is 22.7. The second-order valence-electron chi connectivity index (χ2n) is 9.73. The molecule has 5 aromatic rings. The molecule has 2 aromatic heterocycles. The van der Waals surface area contributed by atoms with Gasteiger partial charge in [0, 0.05) is 35.8 Å². The van der Waals surface area contributed by atoms with Gasteiger partial charge in [-0.2, -0.15) is 0 Å². The number of carboxylic acid groups (broad SMARTS) is 1. The fourth-order valence-electron chi connectivity index (χ4n) is 5.20. The van der Waals surface area contributed by atoms with Crippen LogP contribution in [-0.4, -0.2) is 38.5 Å². The summed E-state index contributed by atoms with van der Waals surface area (Å²) in [4.78, 5) is 31.1. The number of rotatable bonds is 8. The number of carbonyl (C=O) groups is 2. The summed E-state index contributed by atoms with van der Waals surface area (Å²) in [5.74, 6) is 0.0227. The Labute approximate surface area is 241 Å². The van der Waals surface area contributed by atoms with Crippen molar-refractivity contribution in [2.24, 2.45) is 0 Å². The van der Waals surface area contributed by atoms with Crippen molar-refractivity contribution >= 4 is 45.7 Å². The summed E-state index contributed by atoms with van der Waals surface area (Å²) in [6, 6.07) is 29.0. The van der Waals surface area contributed by atoms with E-state index in [4.69, 9.17) is 16.6 Å². The summed E-state index contributed by atoms with van der Waals surface area (Å²) in [6.07, 6.45) is 1.92. The molecular weight excluding hydrogens is 536 g/mol. The molecule has 8 nitrogen and oxygen atoms in total. The van der Waals surface area contributed by atoms with Gasteiger partial charge in [-0.1, -0.05) is 54.6 Å². The van der Waals surface area contributed by atoms with Crippen LogP contribution in [0.2, 0.25) is 0 Å². The number of aromatic carboxylic acids is 1. The van der Waals surface area contributed by atoms with Gasteiger partial charge < -0.3 is 25.1 Å². The van der Waals surface area contributed by atoms with Gasteiger partial charge in [0.05, 0.1) is 17.3 Å². The van der Waals surface area contributed by atoms with Crippen molar-refractivity contribution < 1.29 is 19.1 Å². The first-order valence-electron chi connectivity index (χ1n) is 13.2. The molecule has 3 heterocycles. The summed E-state index contributed by atoms with van der Waals surface area (Å²) >= 11 is 5.73. The molecule has 1 fully saturated rings. The van der Waals surface area contributed by atoms with Crippen molar-refractivity contribution in [3.63, 3.8) is 0 Å². The number of carboxylic acids is 1. The lowest BCUT2D eigenvalue weighted by Gasteiger charge is -2.26. The third-order valence-corrected chi connectivity index (χ3v) is 7.51. The monoisotopic (exact) mass is 562 g/mol. The Morgan fingerprint density at radius 1 is 0.976 bits per heavy atom. The van der Waals surface area contributed by atoms with E-state index < -0.39 is 5.97 Å². The fourth-order valence-corrected chi connectivity index (χ4v) is 5.53. The first-order valence-corrected chi connectivity index (χ1v) is 13.6. The SMILES string of the molecule is O=C(CCN1C(=S)N[C@H](c2ccccn2)[C@H]1c1ccc(-c2cccc(C(=O)O)c2)o1)Nc1cccc2ccccc12. The average molecular weight is 563 g/mol. The summed E-state index contributed by atoms with van der Waals surface area (Å²) in [6.45, 7) is 0.348. The molecular formula is C32H26N4O4S. The number of furan rings is 1. The molecule has 9 heteroatoms. The molecule has 0 bridgehead atoms. The van der Waals surface area contributed by atoms with E-state index in [0.29, 0.717) is 28.7 Å². The van der Waals surface area contributed by atoms with Gasteiger partial charge in [0.25, 0.3) is 0 Å². The highest BCUT2D eigenvalue weighted by Gasteiger charge is 2.41. The van der Waals surface area contributed by atoms with Crippen LogP contribution in [0.15, 0.2) is 108 Å². The highest BCUT2D eigenvalue weighted by Crippen LogP contribution is 2.40. The molecule has 3 aromatic carbocycles. The number of anilines is 1. The molecule has 1 saturated heterocycles. The Kier molecular flexibility index (Phi) is 7.18. The first kappa shape index (κ1) is 26.2. The summed E-state index contributed by atoms with van der Waals surface area (Å²) < 4.78 is 6.31. The maximum absolute atomic E-state index is 13.1. The van der Waals surface area contributed by atoms with Gasteiger partial charge in [-0.3, -0.25) is 9.78 Å². The second-order valence-corrected chi connectivity index (χ2v) is 10.1. The summed E-state index contributed by atoms with van der Waals surface area (Å²) in [7, 11) is 0. The Balaban J connectivity index is 1.26. The van der Waals surface area contributed by atoms with E-state index in [9.17, 15) is 14.7 Å². The van der Waals surface area contributed by atoms with Crippen LogP contribution in [0.1, 0.15) is 40.3 Å². The van der Waals surface area contributed by atoms with Crippen molar-refractivity contribution in [1.82, 2.24) is 15.2 Å². The van der Waals surface area contributed by atoms with Crippen LogP contribution in [0, 0.1) is 0 Å². The van der Waals surface area contributed by atoms with Crippen molar-refractivity contribution in [3.05, 3.63) is 120 Å². The normalized spacial score (nSPS) is 16.5. The third-order valence-electron chi connectivity index (χ3n) is 7.15. The molecule has 0 aliphatic carbocycles. The number of hydrogen-bond acceptors (Lipinski definition) is 5. The third kappa shape index (κ3) is 5.39. The molecule has 6 rings (SSSR count). The van der Waals surface area contributed by atoms with Gasteiger partial charge in [-0.05, 0) is 60.1 Å². The predicted molar refractivity (Wildman–Crippen MR) is 160 cm³/mol. The minimum Gasteiger partial charge on any atom is -0.478 e. The van der Waals surface area contributed by atoms with Crippen LogP contribution in [0.4, 0.5) is 5.69 Å². The Hall–Kier alpha value is -5.02. The first-order chi connectivity index (χ1) is 20.0. The lowest BCUT2D eigenvalue weighted by Crippen LogP contribution is -2.32. The molecule has 0 spiro atoms. The lowest BCUT2D eigenvalue weighted by atomic mass is 10.0. The average Bonchev–Trinajstić information content (AvgIpc) is 3.61. The number of amides is 1. The number of nitrogens with zero attached hydrogens (tertiary/aromatic N) is 2. The number of carbonyl (C=O) groups excluding carboxylic acids is 1. The van der Waals surface area contributed by atoms with Crippen molar-refractivity contribution in [1.29, 1.82) is 0 Å².